The highest BCUT2D eigenvalue weighted by molar-refractivity contribution is 7.89. The Kier molecular flexibility index (Phi) is 4.52. The average Bonchev–Trinajstić information content (AvgIpc) is 3.28. The van der Waals surface area contributed by atoms with Crippen LogP contribution >= 0.6 is 0 Å². The van der Waals surface area contributed by atoms with E-state index in [0.29, 0.717) is 22.5 Å². The van der Waals surface area contributed by atoms with Crippen molar-refractivity contribution in [1.82, 2.24) is 4.90 Å². The second-order valence-electron chi connectivity index (χ2n) is 6.77. The Labute approximate surface area is 163 Å². The van der Waals surface area contributed by atoms with Crippen LogP contribution in [0.4, 0.5) is 5.69 Å². The maximum atomic E-state index is 13.2. The molecule has 1 saturated heterocycles. The van der Waals surface area contributed by atoms with Gasteiger partial charge in [0.05, 0.1) is 16.2 Å². The topological polar surface area (TPSA) is 101 Å². The zero-order valence-electron chi connectivity index (χ0n) is 15.0. The number of sulfonamides is 1. The van der Waals surface area contributed by atoms with Crippen molar-refractivity contribution in [2.24, 2.45) is 5.14 Å². The first-order valence-corrected chi connectivity index (χ1v) is 10.5. The molecular weight excluding hydrogens is 378 g/mol. The second kappa shape index (κ2) is 6.88. The molecule has 2 N–H and O–H groups in total. The Bertz CT molecular complexity index is 1070. The van der Waals surface area contributed by atoms with Gasteiger partial charge in [-0.05, 0) is 42.7 Å². The predicted octanol–water partition coefficient (Wildman–Crippen LogP) is 1.71. The molecule has 0 unspecified atom stereocenters. The fourth-order valence-corrected chi connectivity index (χ4v) is 4.15. The Morgan fingerprint density at radius 3 is 2.00 bits per heavy atom. The lowest BCUT2D eigenvalue weighted by molar-refractivity contribution is -0.120. The molecule has 1 fully saturated rings. The highest BCUT2D eigenvalue weighted by Gasteiger charge is 2.42. The molecule has 0 spiro atoms. The van der Waals surface area contributed by atoms with Gasteiger partial charge in [0.15, 0.2) is 0 Å². The molecule has 4 rings (SSSR count). The number of nitrogens with zero attached hydrogens (tertiary/aromatic N) is 2. The van der Waals surface area contributed by atoms with Crippen molar-refractivity contribution >= 4 is 33.1 Å². The normalized spacial score (nSPS) is 17.8. The third-order valence-electron chi connectivity index (χ3n) is 4.97. The number of hydrogen-bond donors (Lipinski definition) is 1. The maximum Gasteiger partial charge on any atom is 0.282 e. The fraction of sp³-hybridized carbons (Fsp3) is 0.200. The van der Waals surface area contributed by atoms with Gasteiger partial charge in [0.1, 0.15) is 5.70 Å². The van der Waals surface area contributed by atoms with E-state index in [-0.39, 0.29) is 4.90 Å². The number of carbonyl (C=O) groups is 2. The number of imide groups is 1. The number of hydrogen-bond acceptors (Lipinski definition) is 5. The Hall–Kier alpha value is -2.97. The summed E-state index contributed by atoms with van der Waals surface area (Å²) in [6.45, 7) is 1.45. The van der Waals surface area contributed by atoms with Gasteiger partial charge in [0.2, 0.25) is 10.0 Å². The molecule has 28 heavy (non-hydrogen) atoms. The van der Waals surface area contributed by atoms with Crippen LogP contribution in [0.15, 0.2) is 65.2 Å². The summed E-state index contributed by atoms with van der Waals surface area (Å²) >= 11 is 0. The lowest BCUT2D eigenvalue weighted by Gasteiger charge is -2.20. The van der Waals surface area contributed by atoms with Crippen molar-refractivity contribution in [2.75, 3.05) is 18.0 Å². The van der Waals surface area contributed by atoms with E-state index in [9.17, 15) is 18.0 Å². The van der Waals surface area contributed by atoms with E-state index in [1.54, 1.807) is 0 Å². The number of rotatable bonds is 4. The van der Waals surface area contributed by atoms with Crippen LogP contribution in [0.3, 0.4) is 0 Å². The number of primary sulfonamides is 1. The minimum Gasteiger partial charge on any atom is -0.366 e. The van der Waals surface area contributed by atoms with Crippen molar-refractivity contribution in [3.63, 3.8) is 0 Å². The van der Waals surface area contributed by atoms with E-state index in [2.05, 4.69) is 0 Å². The summed E-state index contributed by atoms with van der Waals surface area (Å²) < 4.78 is 22.9. The zero-order chi connectivity index (χ0) is 19.9. The van der Waals surface area contributed by atoms with Gasteiger partial charge in [-0.15, -0.1) is 0 Å². The Morgan fingerprint density at radius 2 is 1.43 bits per heavy atom. The molecule has 0 saturated carbocycles. The first-order chi connectivity index (χ1) is 13.4. The van der Waals surface area contributed by atoms with Gasteiger partial charge in [-0.25, -0.2) is 18.5 Å². The summed E-state index contributed by atoms with van der Waals surface area (Å²) in [6.07, 6.45) is 1.94. The van der Waals surface area contributed by atoms with Gasteiger partial charge in [-0.3, -0.25) is 9.59 Å². The lowest BCUT2D eigenvalue weighted by atomic mass is 10.0. The van der Waals surface area contributed by atoms with Crippen molar-refractivity contribution < 1.29 is 18.0 Å². The Balaban J connectivity index is 1.78. The number of likely N-dealkylation sites (tertiary alicyclic amines) is 1. The van der Waals surface area contributed by atoms with Crippen LogP contribution in [0.1, 0.15) is 18.4 Å². The summed E-state index contributed by atoms with van der Waals surface area (Å²) in [5.41, 5.74) is 1.78. The van der Waals surface area contributed by atoms with Crippen LogP contribution in [0.25, 0.3) is 5.57 Å². The van der Waals surface area contributed by atoms with E-state index >= 15 is 0 Å². The highest BCUT2D eigenvalue weighted by Crippen LogP contribution is 2.36. The summed E-state index contributed by atoms with van der Waals surface area (Å²) in [5.74, 6) is -0.810. The molecule has 0 bridgehead atoms. The van der Waals surface area contributed by atoms with Crippen LogP contribution in [0.2, 0.25) is 0 Å². The molecular formula is C20H19N3O4S. The number of nitrogens with two attached hydrogens (primary N) is 1. The van der Waals surface area contributed by atoms with E-state index < -0.39 is 21.8 Å². The molecule has 0 aliphatic carbocycles. The Morgan fingerprint density at radius 1 is 0.821 bits per heavy atom. The molecule has 2 aliphatic rings. The number of benzene rings is 2. The largest absolute Gasteiger partial charge is 0.366 e. The van der Waals surface area contributed by atoms with Crippen LogP contribution in [0, 0.1) is 0 Å². The van der Waals surface area contributed by atoms with Gasteiger partial charge < -0.3 is 4.90 Å². The number of anilines is 1. The number of carbonyl (C=O) groups excluding carboxylic acids is 2. The maximum absolute atomic E-state index is 13.2. The van der Waals surface area contributed by atoms with Crippen LogP contribution in [-0.2, 0) is 19.6 Å². The molecule has 2 amide bonds. The first-order valence-electron chi connectivity index (χ1n) is 8.94. The van der Waals surface area contributed by atoms with Crippen LogP contribution in [-0.4, -0.2) is 38.2 Å². The monoisotopic (exact) mass is 397 g/mol. The van der Waals surface area contributed by atoms with E-state index in [0.717, 1.165) is 30.8 Å². The van der Waals surface area contributed by atoms with Gasteiger partial charge in [-0.1, -0.05) is 30.3 Å². The predicted molar refractivity (Wildman–Crippen MR) is 104 cm³/mol. The van der Waals surface area contributed by atoms with Crippen molar-refractivity contribution in [3.8, 4) is 0 Å². The lowest BCUT2D eigenvalue weighted by Crippen LogP contribution is -2.34. The van der Waals surface area contributed by atoms with Crippen LogP contribution in [0.5, 0.6) is 0 Å². The summed E-state index contributed by atoms with van der Waals surface area (Å²) in [4.78, 5) is 29.5. The van der Waals surface area contributed by atoms with Crippen LogP contribution < -0.4 is 10.0 Å². The molecule has 0 atom stereocenters. The van der Waals surface area contributed by atoms with Gasteiger partial charge in [0, 0.05) is 13.1 Å². The third-order valence-corrected chi connectivity index (χ3v) is 5.90. The quantitative estimate of drug-likeness (QED) is 0.792. The van der Waals surface area contributed by atoms with Gasteiger partial charge in [-0.2, -0.15) is 0 Å². The average molecular weight is 397 g/mol. The second-order valence-corrected chi connectivity index (χ2v) is 8.33. The van der Waals surface area contributed by atoms with Crippen molar-refractivity contribution in [2.45, 2.75) is 17.7 Å². The summed E-state index contributed by atoms with van der Waals surface area (Å²) in [7, 11) is -3.85. The summed E-state index contributed by atoms with van der Waals surface area (Å²) in [5, 5.41) is 5.13. The minimum absolute atomic E-state index is 0.0775. The summed E-state index contributed by atoms with van der Waals surface area (Å²) in [6, 6.07) is 14.5. The smallest absolute Gasteiger partial charge is 0.282 e. The van der Waals surface area contributed by atoms with Crippen molar-refractivity contribution in [3.05, 3.63) is 65.9 Å². The molecule has 2 aromatic rings. The third kappa shape index (κ3) is 3.10. The molecule has 144 valence electrons. The molecule has 2 aromatic carbocycles. The standard InChI is InChI=1S/C20H19N3O4S/c21-28(26,27)16-10-8-15(9-11-16)23-19(24)17(14-6-2-1-3-7-14)18(20(23)25)22-12-4-5-13-22/h1-3,6-11H,4-5,12-13H2,(H2,21,26,27). The minimum atomic E-state index is -3.85. The molecule has 0 aromatic heterocycles. The van der Waals surface area contributed by atoms with Gasteiger partial charge in [0.25, 0.3) is 11.8 Å². The number of amides is 2. The molecule has 7 nitrogen and oxygen atoms in total. The van der Waals surface area contributed by atoms with Gasteiger partial charge >= 0.3 is 0 Å². The van der Waals surface area contributed by atoms with E-state index in [1.807, 2.05) is 35.2 Å². The fourth-order valence-electron chi connectivity index (χ4n) is 3.64. The molecule has 8 heteroatoms. The van der Waals surface area contributed by atoms with E-state index in [1.165, 1.54) is 24.3 Å². The molecule has 2 heterocycles. The highest BCUT2D eigenvalue weighted by atomic mass is 32.2. The molecule has 2 aliphatic heterocycles. The SMILES string of the molecule is NS(=O)(=O)c1ccc(N2C(=O)C(c3ccccc3)=C(N3CCCC3)C2=O)cc1. The van der Waals surface area contributed by atoms with Crippen molar-refractivity contribution in [1.29, 1.82) is 0 Å². The molecule has 0 radical (unpaired) electrons. The van der Waals surface area contributed by atoms with E-state index in [4.69, 9.17) is 5.14 Å². The zero-order valence-corrected chi connectivity index (χ0v) is 15.9. The first kappa shape index (κ1) is 18.4.